The Morgan fingerprint density at radius 2 is 1.91 bits per heavy atom. The van der Waals surface area contributed by atoms with Gasteiger partial charge in [0.05, 0.1) is 5.69 Å². The van der Waals surface area contributed by atoms with Crippen LogP contribution in [0.5, 0.6) is 5.75 Å². The Balaban J connectivity index is 2.00. The van der Waals surface area contributed by atoms with E-state index in [0.29, 0.717) is 23.7 Å². The normalized spacial score (nSPS) is 10.8. The molecule has 1 N–H and O–H groups in total. The van der Waals surface area contributed by atoms with Gasteiger partial charge < -0.3 is 19.5 Å². The molecular formula is C18H25N3O2. The van der Waals surface area contributed by atoms with Crippen LogP contribution < -0.4 is 10.1 Å². The number of hydrogen-bond donors (Lipinski definition) is 1. The highest BCUT2D eigenvalue weighted by atomic mass is 16.5. The van der Waals surface area contributed by atoms with Gasteiger partial charge in [0.25, 0.3) is 5.91 Å². The van der Waals surface area contributed by atoms with Gasteiger partial charge in [0.2, 0.25) is 0 Å². The van der Waals surface area contributed by atoms with E-state index >= 15 is 0 Å². The number of carbonyl (C=O) groups is 1. The first-order valence-electron chi connectivity index (χ1n) is 8.02. The maximum absolute atomic E-state index is 12.3. The van der Waals surface area contributed by atoms with Gasteiger partial charge in [-0.25, -0.2) is 0 Å². The number of benzene rings is 1. The second-order valence-electron chi connectivity index (χ2n) is 5.33. The van der Waals surface area contributed by atoms with Gasteiger partial charge >= 0.3 is 0 Å². The molecule has 23 heavy (non-hydrogen) atoms. The van der Waals surface area contributed by atoms with E-state index in [1.165, 1.54) is 0 Å². The molecule has 1 heterocycles. The summed E-state index contributed by atoms with van der Waals surface area (Å²) in [5.74, 6) is 0.555. The van der Waals surface area contributed by atoms with Crippen molar-refractivity contribution in [3.63, 3.8) is 0 Å². The molecule has 0 unspecified atom stereocenters. The van der Waals surface area contributed by atoms with E-state index in [0.717, 1.165) is 19.6 Å². The Labute approximate surface area is 137 Å². The Morgan fingerprint density at radius 1 is 1.17 bits per heavy atom. The van der Waals surface area contributed by atoms with Crippen molar-refractivity contribution in [1.82, 2.24) is 9.47 Å². The third-order valence-corrected chi connectivity index (χ3v) is 3.87. The zero-order chi connectivity index (χ0) is 16.7. The molecule has 0 aliphatic carbocycles. The number of aryl methyl sites for hydroxylation is 1. The van der Waals surface area contributed by atoms with Crippen LogP contribution >= 0.6 is 0 Å². The quantitative estimate of drug-likeness (QED) is 0.814. The van der Waals surface area contributed by atoms with Crippen LogP contribution in [-0.2, 0) is 7.05 Å². The maximum atomic E-state index is 12.3. The molecule has 2 aromatic rings. The molecule has 5 nitrogen and oxygen atoms in total. The Kier molecular flexibility index (Phi) is 6.23. The minimum absolute atomic E-state index is 0.141. The maximum Gasteiger partial charge on any atom is 0.272 e. The van der Waals surface area contributed by atoms with E-state index in [1.54, 1.807) is 10.6 Å². The summed E-state index contributed by atoms with van der Waals surface area (Å²) in [6, 6.07) is 11.2. The third-order valence-electron chi connectivity index (χ3n) is 3.87. The van der Waals surface area contributed by atoms with Gasteiger partial charge in [-0.05, 0) is 37.4 Å². The van der Waals surface area contributed by atoms with Gasteiger partial charge in [-0.3, -0.25) is 4.79 Å². The number of para-hydroxylation sites is 2. The SMILES string of the molecule is CCN(CC)CCOc1ccccc1NC(=O)c1cccn1C. The summed E-state index contributed by atoms with van der Waals surface area (Å²) >= 11 is 0. The molecule has 0 saturated heterocycles. The van der Waals surface area contributed by atoms with Gasteiger partial charge in [0.15, 0.2) is 0 Å². The van der Waals surface area contributed by atoms with Crippen molar-refractivity contribution in [3.8, 4) is 5.75 Å². The van der Waals surface area contributed by atoms with Gasteiger partial charge in [-0.1, -0.05) is 26.0 Å². The van der Waals surface area contributed by atoms with Gasteiger partial charge in [0.1, 0.15) is 18.1 Å². The second-order valence-corrected chi connectivity index (χ2v) is 5.33. The minimum atomic E-state index is -0.141. The lowest BCUT2D eigenvalue weighted by atomic mass is 10.2. The van der Waals surface area contributed by atoms with Crippen molar-refractivity contribution < 1.29 is 9.53 Å². The average Bonchev–Trinajstić information content (AvgIpc) is 2.99. The molecule has 2 rings (SSSR count). The zero-order valence-electron chi connectivity index (χ0n) is 14.1. The summed E-state index contributed by atoms with van der Waals surface area (Å²) in [6.45, 7) is 7.75. The van der Waals surface area contributed by atoms with E-state index in [4.69, 9.17) is 4.74 Å². The first-order chi connectivity index (χ1) is 11.2. The van der Waals surface area contributed by atoms with Crippen molar-refractivity contribution >= 4 is 11.6 Å². The zero-order valence-corrected chi connectivity index (χ0v) is 14.1. The van der Waals surface area contributed by atoms with Crippen molar-refractivity contribution in [2.24, 2.45) is 7.05 Å². The fourth-order valence-electron chi connectivity index (χ4n) is 2.40. The van der Waals surface area contributed by atoms with E-state index in [1.807, 2.05) is 43.6 Å². The van der Waals surface area contributed by atoms with Crippen LogP contribution in [0.15, 0.2) is 42.6 Å². The molecule has 1 aromatic heterocycles. The number of hydrogen-bond acceptors (Lipinski definition) is 3. The van der Waals surface area contributed by atoms with Crippen LogP contribution in [0.1, 0.15) is 24.3 Å². The van der Waals surface area contributed by atoms with Crippen LogP contribution in [0.4, 0.5) is 5.69 Å². The van der Waals surface area contributed by atoms with Gasteiger partial charge in [-0.2, -0.15) is 0 Å². The Morgan fingerprint density at radius 3 is 2.57 bits per heavy atom. The molecule has 0 spiro atoms. The fraction of sp³-hybridized carbons (Fsp3) is 0.389. The van der Waals surface area contributed by atoms with E-state index < -0.39 is 0 Å². The molecule has 0 bridgehead atoms. The van der Waals surface area contributed by atoms with Crippen LogP contribution in [0.25, 0.3) is 0 Å². The summed E-state index contributed by atoms with van der Waals surface area (Å²) < 4.78 is 7.65. The molecule has 0 aliphatic rings. The van der Waals surface area contributed by atoms with Crippen LogP contribution in [0, 0.1) is 0 Å². The van der Waals surface area contributed by atoms with Crippen molar-refractivity contribution in [2.75, 3.05) is 31.6 Å². The molecular weight excluding hydrogens is 290 g/mol. The van der Waals surface area contributed by atoms with Gasteiger partial charge in [-0.15, -0.1) is 0 Å². The number of carbonyl (C=O) groups excluding carboxylic acids is 1. The standard InChI is InChI=1S/C18H25N3O2/c1-4-21(5-2)13-14-23-17-11-7-6-9-15(17)19-18(22)16-10-8-12-20(16)3/h6-12H,4-5,13-14H2,1-3H3,(H,19,22). The summed E-state index contributed by atoms with van der Waals surface area (Å²) in [5.41, 5.74) is 1.31. The van der Waals surface area contributed by atoms with E-state index in [-0.39, 0.29) is 5.91 Å². The fourth-order valence-corrected chi connectivity index (χ4v) is 2.40. The number of aromatic nitrogens is 1. The van der Waals surface area contributed by atoms with Crippen LogP contribution in [-0.4, -0.2) is 41.6 Å². The van der Waals surface area contributed by atoms with Gasteiger partial charge in [0, 0.05) is 19.8 Å². The monoisotopic (exact) mass is 315 g/mol. The lowest BCUT2D eigenvalue weighted by Crippen LogP contribution is -2.28. The number of likely N-dealkylation sites (N-methyl/N-ethyl adjacent to an activating group) is 1. The number of nitrogens with zero attached hydrogens (tertiary/aromatic N) is 2. The predicted molar refractivity (Wildman–Crippen MR) is 93.1 cm³/mol. The Hall–Kier alpha value is -2.27. The number of amides is 1. The van der Waals surface area contributed by atoms with Crippen molar-refractivity contribution in [1.29, 1.82) is 0 Å². The molecule has 0 radical (unpaired) electrons. The summed E-state index contributed by atoms with van der Waals surface area (Å²) in [6.07, 6.45) is 1.85. The van der Waals surface area contributed by atoms with E-state index in [2.05, 4.69) is 24.1 Å². The topological polar surface area (TPSA) is 46.5 Å². The molecule has 124 valence electrons. The molecule has 0 fully saturated rings. The highest BCUT2D eigenvalue weighted by Gasteiger charge is 2.12. The van der Waals surface area contributed by atoms with Crippen molar-refractivity contribution in [3.05, 3.63) is 48.3 Å². The van der Waals surface area contributed by atoms with Crippen molar-refractivity contribution in [2.45, 2.75) is 13.8 Å². The van der Waals surface area contributed by atoms with Crippen LogP contribution in [0.3, 0.4) is 0 Å². The predicted octanol–water partition coefficient (Wildman–Crippen LogP) is 3.00. The average molecular weight is 315 g/mol. The molecule has 5 heteroatoms. The molecule has 0 aliphatic heterocycles. The molecule has 0 atom stereocenters. The first kappa shape index (κ1) is 17.1. The van der Waals surface area contributed by atoms with Crippen LogP contribution in [0.2, 0.25) is 0 Å². The Bertz CT molecular complexity index is 633. The number of rotatable bonds is 8. The number of ether oxygens (including phenoxy) is 1. The highest BCUT2D eigenvalue weighted by Crippen LogP contribution is 2.24. The summed E-state index contributed by atoms with van der Waals surface area (Å²) in [7, 11) is 1.85. The second kappa shape index (κ2) is 8.39. The first-order valence-corrected chi connectivity index (χ1v) is 8.02. The smallest absolute Gasteiger partial charge is 0.272 e. The number of anilines is 1. The largest absolute Gasteiger partial charge is 0.490 e. The molecule has 0 saturated carbocycles. The summed E-state index contributed by atoms with van der Waals surface area (Å²) in [4.78, 5) is 14.6. The number of nitrogens with one attached hydrogen (secondary N) is 1. The third kappa shape index (κ3) is 4.60. The molecule has 1 amide bonds. The summed E-state index contributed by atoms with van der Waals surface area (Å²) in [5, 5.41) is 2.92. The van der Waals surface area contributed by atoms with E-state index in [9.17, 15) is 4.79 Å². The highest BCUT2D eigenvalue weighted by molar-refractivity contribution is 6.03. The lowest BCUT2D eigenvalue weighted by Gasteiger charge is -2.19. The minimum Gasteiger partial charge on any atom is -0.490 e. The lowest BCUT2D eigenvalue weighted by molar-refractivity contribution is 0.101. The molecule has 1 aromatic carbocycles.